The number of hydrogen-bond acceptors (Lipinski definition) is 6. The van der Waals surface area contributed by atoms with Crippen LogP contribution in [0.2, 0.25) is 0 Å². The zero-order valence-corrected chi connectivity index (χ0v) is 22.7. The number of fused-ring (bicyclic) bond motifs is 2. The molecule has 1 aliphatic heterocycles. The fourth-order valence-corrected chi connectivity index (χ4v) is 5.47. The number of rotatable bonds is 7. The molecule has 1 aliphatic rings. The molecule has 0 unspecified atom stereocenters. The lowest BCUT2D eigenvalue weighted by Gasteiger charge is -2.27. The molecular weight excluding hydrogens is 492 g/mol. The molecule has 194 valence electrons. The Balaban J connectivity index is 1.41. The molecule has 0 aliphatic carbocycles. The normalized spacial score (nSPS) is 14.1. The van der Waals surface area contributed by atoms with Crippen molar-refractivity contribution in [3.63, 3.8) is 0 Å². The molecule has 4 aromatic rings. The first-order valence-electron chi connectivity index (χ1n) is 12.4. The summed E-state index contributed by atoms with van der Waals surface area (Å²) in [5, 5.41) is 3.10. The van der Waals surface area contributed by atoms with Gasteiger partial charge in [-0.25, -0.2) is 28.7 Å². The standard InChI is InChI=1S/C27H32F2N7S/c1-16(2)36-17(3)31-26-20(28)12-19(13-23(26)36)25-21(29)14-30-27(34-25)33-24-7-6-18-15-35(10-11-37(4)5)9-8-22(18)32-24/h6-7,12-14,16H,8-11,15H2,1-5H3,(H,30,32,33,34)/q+1. The summed E-state index contributed by atoms with van der Waals surface area (Å²) in [6.45, 7) is 8.82. The van der Waals surface area contributed by atoms with E-state index >= 15 is 0 Å². The average Bonchev–Trinajstić information content (AvgIpc) is 3.20. The lowest BCUT2D eigenvalue weighted by Crippen LogP contribution is -2.34. The summed E-state index contributed by atoms with van der Waals surface area (Å²) in [7, 11) is 0.437. The summed E-state index contributed by atoms with van der Waals surface area (Å²) in [5.74, 6) is 1.58. The molecule has 10 heteroatoms. The van der Waals surface area contributed by atoms with Gasteiger partial charge in [-0.3, -0.25) is 4.90 Å². The van der Waals surface area contributed by atoms with E-state index in [9.17, 15) is 8.78 Å². The van der Waals surface area contributed by atoms with Gasteiger partial charge in [-0.2, -0.15) is 0 Å². The molecule has 5 rings (SSSR count). The van der Waals surface area contributed by atoms with E-state index in [1.54, 1.807) is 6.07 Å². The number of hydrogen-bond donors (Lipinski definition) is 1. The van der Waals surface area contributed by atoms with Crippen molar-refractivity contribution in [2.45, 2.75) is 39.8 Å². The van der Waals surface area contributed by atoms with Crippen LogP contribution in [0.15, 0.2) is 30.5 Å². The van der Waals surface area contributed by atoms with E-state index in [2.05, 4.69) is 43.7 Å². The highest BCUT2D eigenvalue weighted by atomic mass is 32.2. The fraction of sp³-hybridized carbons (Fsp3) is 0.407. The lowest BCUT2D eigenvalue weighted by atomic mass is 10.1. The Morgan fingerprint density at radius 3 is 2.65 bits per heavy atom. The smallest absolute Gasteiger partial charge is 0.229 e. The van der Waals surface area contributed by atoms with E-state index in [1.807, 2.05) is 31.4 Å². The summed E-state index contributed by atoms with van der Waals surface area (Å²) in [5.41, 5.74) is 3.51. The first-order chi connectivity index (χ1) is 17.7. The predicted molar refractivity (Wildman–Crippen MR) is 146 cm³/mol. The summed E-state index contributed by atoms with van der Waals surface area (Å²) in [4.78, 5) is 20.1. The minimum atomic E-state index is -0.628. The van der Waals surface area contributed by atoms with Gasteiger partial charge in [-0.15, -0.1) is 0 Å². The van der Waals surface area contributed by atoms with Gasteiger partial charge in [-0.1, -0.05) is 6.07 Å². The maximum Gasteiger partial charge on any atom is 0.229 e. The van der Waals surface area contributed by atoms with Gasteiger partial charge < -0.3 is 9.88 Å². The van der Waals surface area contributed by atoms with E-state index in [0.29, 0.717) is 33.6 Å². The Morgan fingerprint density at radius 1 is 1.08 bits per heavy atom. The van der Waals surface area contributed by atoms with Crippen LogP contribution in [0.4, 0.5) is 20.5 Å². The number of aryl methyl sites for hydroxylation is 1. The third kappa shape index (κ3) is 5.31. The average molecular weight is 525 g/mol. The van der Waals surface area contributed by atoms with Crippen molar-refractivity contribution in [2.24, 2.45) is 0 Å². The fourth-order valence-electron chi connectivity index (χ4n) is 4.85. The molecule has 0 atom stereocenters. The number of nitrogens with zero attached hydrogens (tertiary/aromatic N) is 6. The quantitative estimate of drug-likeness (QED) is 0.342. The SMILES string of the molecule is Cc1nc2c(F)cc(-c3nc(Nc4ccc5c(n4)CCN(CC[S+](C)C)C5)ncc3F)cc2n1C(C)C. The summed E-state index contributed by atoms with van der Waals surface area (Å²) >= 11 is 0. The first kappa shape index (κ1) is 25.5. The van der Waals surface area contributed by atoms with Gasteiger partial charge >= 0.3 is 0 Å². The van der Waals surface area contributed by atoms with Gasteiger partial charge in [-0.05, 0) is 55.4 Å². The molecule has 1 aromatic carbocycles. The van der Waals surface area contributed by atoms with Crippen molar-refractivity contribution >= 4 is 33.7 Å². The largest absolute Gasteiger partial charge is 0.326 e. The first-order valence-corrected chi connectivity index (χ1v) is 14.6. The highest BCUT2D eigenvalue weighted by Gasteiger charge is 2.21. The van der Waals surface area contributed by atoms with E-state index < -0.39 is 11.6 Å². The molecule has 1 N–H and O–H groups in total. The zero-order chi connectivity index (χ0) is 26.3. The van der Waals surface area contributed by atoms with Crippen LogP contribution in [0, 0.1) is 18.6 Å². The third-order valence-electron chi connectivity index (χ3n) is 6.64. The minimum absolute atomic E-state index is 0.0203. The molecule has 7 nitrogen and oxygen atoms in total. The number of aromatic nitrogens is 5. The molecule has 37 heavy (non-hydrogen) atoms. The van der Waals surface area contributed by atoms with Gasteiger partial charge in [0.1, 0.15) is 28.6 Å². The maximum absolute atomic E-state index is 15.0. The number of nitrogens with one attached hydrogen (secondary N) is 1. The Hall–Kier alpha value is -3.11. The highest BCUT2D eigenvalue weighted by molar-refractivity contribution is 7.95. The van der Waals surface area contributed by atoms with Crippen molar-refractivity contribution in [2.75, 3.05) is 36.7 Å². The number of anilines is 2. The van der Waals surface area contributed by atoms with Crippen molar-refractivity contribution in [3.05, 3.63) is 59.2 Å². The summed E-state index contributed by atoms with van der Waals surface area (Å²) in [6.07, 6.45) is 6.53. The Bertz CT molecular complexity index is 1450. The Labute approximate surface area is 218 Å². The van der Waals surface area contributed by atoms with Gasteiger partial charge in [0.15, 0.2) is 11.6 Å². The third-order valence-corrected chi connectivity index (χ3v) is 7.64. The van der Waals surface area contributed by atoms with Crippen molar-refractivity contribution in [1.82, 2.24) is 29.4 Å². The second-order valence-corrected chi connectivity index (χ2v) is 12.4. The Morgan fingerprint density at radius 2 is 1.89 bits per heavy atom. The maximum atomic E-state index is 15.0. The predicted octanol–water partition coefficient (Wildman–Crippen LogP) is 5.04. The molecule has 0 saturated carbocycles. The number of benzene rings is 1. The molecule has 0 amide bonds. The number of imidazole rings is 1. The van der Waals surface area contributed by atoms with Crippen molar-refractivity contribution in [3.8, 4) is 11.3 Å². The monoisotopic (exact) mass is 524 g/mol. The van der Waals surface area contributed by atoms with Crippen LogP contribution < -0.4 is 5.32 Å². The Kier molecular flexibility index (Phi) is 7.13. The molecular formula is C27H32F2N7S+. The molecule has 0 radical (unpaired) electrons. The zero-order valence-electron chi connectivity index (χ0n) is 21.8. The molecule has 0 spiro atoms. The van der Waals surface area contributed by atoms with Gasteiger partial charge in [0, 0.05) is 43.4 Å². The van der Waals surface area contributed by atoms with Crippen LogP contribution >= 0.6 is 0 Å². The van der Waals surface area contributed by atoms with Crippen LogP contribution in [0.25, 0.3) is 22.3 Å². The topological polar surface area (TPSA) is 71.8 Å². The van der Waals surface area contributed by atoms with Crippen molar-refractivity contribution < 1.29 is 8.78 Å². The van der Waals surface area contributed by atoms with Gasteiger partial charge in [0.25, 0.3) is 0 Å². The number of pyridine rings is 1. The summed E-state index contributed by atoms with van der Waals surface area (Å²) < 4.78 is 31.8. The van der Waals surface area contributed by atoms with Crippen LogP contribution in [-0.2, 0) is 23.9 Å². The van der Waals surface area contributed by atoms with Crippen LogP contribution in [0.1, 0.15) is 37.0 Å². The number of halogens is 2. The van der Waals surface area contributed by atoms with E-state index in [4.69, 9.17) is 4.98 Å². The summed E-state index contributed by atoms with van der Waals surface area (Å²) in [6, 6.07) is 7.06. The van der Waals surface area contributed by atoms with Gasteiger partial charge in [0.2, 0.25) is 5.95 Å². The van der Waals surface area contributed by atoms with Gasteiger partial charge in [0.05, 0.1) is 24.2 Å². The molecule has 4 heterocycles. The highest BCUT2D eigenvalue weighted by Crippen LogP contribution is 2.30. The van der Waals surface area contributed by atoms with E-state index in [-0.39, 0.29) is 23.2 Å². The second kappa shape index (κ2) is 10.3. The molecule has 3 aromatic heterocycles. The van der Waals surface area contributed by atoms with Crippen LogP contribution in [0.3, 0.4) is 0 Å². The van der Waals surface area contributed by atoms with E-state index in [0.717, 1.165) is 37.9 Å². The molecule has 0 saturated heterocycles. The molecule has 0 fully saturated rings. The van der Waals surface area contributed by atoms with Crippen LogP contribution in [0.5, 0.6) is 0 Å². The second-order valence-electron chi connectivity index (χ2n) is 9.98. The van der Waals surface area contributed by atoms with Crippen molar-refractivity contribution in [1.29, 1.82) is 0 Å². The minimum Gasteiger partial charge on any atom is -0.326 e. The van der Waals surface area contributed by atoms with E-state index in [1.165, 1.54) is 17.4 Å². The lowest BCUT2D eigenvalue weighted by molar-refractivity contribution is 0.268. The van der Waals surface area contributed by atoms with Crippen LogP contribution in [-0.4, -0.2) is 60.8 Å². The molecule has 0 bridgehead atoms.